The molecule has 1 aliphatic rings. The van der Waals surface area contributed by atoms with Crippen molar-refractivity contribution in [3.63, 3.8) is 0 Å². The van der Waals surface area contributed by atoms with Gasteiger partial charge >= 0.3 is 0 Å². The zero-order chi connectivity index (χ0) is 14.1. The molecule has 0 spiro atoms. The van der Waals surface area contributed by atoms with Crippen LogP contribution in [-0.4, -0.2) is 50.1 Å². The van der Waals surface area contributed by atoms with Gasteiger partial charge in [0.25, 0.3) is 5.91 Å². The Morgan fingerprint density at radius 1 is 1.50 bits per heavy atom. The maximum atomic E-state index is 12.5. The summed E-state index contributed by atoms with van der Waals surface area (Å²) >= 11 is 0. The number of carbonyl (C=O) groups is 1. The van der Waals surface area contributed by atoms with Crippen molar-refractivity contribution in [1.82, 2.24) is 19.9 Å². The van der Waals surface area contributed by atoms with E-state index in [9.17, 15) is 4.79 Å². The summed E-state index contributed by atoms with van der Waals surface area (Å²) < 4.78 is 1.80. The lowest BCUT2D eigenvalue weighted by Gasteiger charge is -2.21. The molecule has 20 heavy (non-hydrogen) atoms. The summed E-state index contributed by atoms with van der Waals surface area (Å²) in [6.45, 7) is 3.14. The van der Waals surface area contributed by atoms with Crippen LogP contribution in [0.2, 0.25) is 0 Å². The lowest BCUT2D eigenvalue weighted by Crippen LogP contribution is -2.35. The summed E-state index contributed by atoms with van der Waals surface area (Å²) in [5.74, 6) is -0.0329. The summed E-state index contributed by atoms with van der Waals surface area (Å²) in [4.78, 5) is 14.3. The van der Waals surface area contributed by atoms with Gasteiger partial charge in [-0.1, -0.05) is 5.21 Å². The summed E-state index contributed by atoms with van der Waals surface area (Å²) in [6.07, 6.45) is 2.06. The average molecular weight is 274 g/mol. The van der Waals surface area contributed by atoms with Crippen LogP contribution in [0.25, 0.3) is 11.0 Å². The van der Waals surface area contributed by atoms with E-state index in [2.05, 4.69) is 10.3 Å². The standard InChI is InChI=1S/C14H18N4O2/c1-2-18-13-6-3-10(9-12(13)15-16-18)14(20)17(7-8-19)11-4-5-11/h3,6,9,11,19H,2,4-5,7-8H2,1H3. The van der Waals surface area contributed by atoms with Crippen molar-refractivity contribution in [2.24, 2.45) is 0 Å². The maximum absolute atomic E-state index is 12.5. The summed E-state index contributed by atoms with van der Waals surface area (Å²) in [6, 6.07) is 5.77. The zero-order valence-corrected chi connectivity index (χ0v) is 11.5. The molecule has 1 aromatic carbocycles. The van der Waals surface area contributed by atoms with E-state index in [1.165, 1.54) is 0 Å². The summed E-state index contributed by atoms with van der Waals surface area (Å²) in [7, 11) is 0. The van der Waals surface area contributed by atoms with E-state index in [4.69, 9.17) is 5.11 Å². The minimum atomic E-state index is -0.0329. The van der Waals surface area contributed by atoms with Crippen molar-refractivity contribution in [2.45, 2.75) is 32.4 Å². The Kier molecular flexibility index (Phi) is 3.40. The Morgan fingerprint density at radius 3 is 2.95 bits per heavy atom. The van der Waals surface area contributed by atoms with E-state index >= 15 is 0 Å². The molecule has 0 bridgehead atoms. The number of benzene rings is 1. The van der Waals surface area contributed by atoms with Crippen molar-refractivity contribution < 1.29 is 9.90 Å². The Labute approximate surface area is 117 Å². The molecule has 1 amide bonds. The first kappa shape index (κ1) is 13.1. The number of hydrogen-bond donors (Lipinski definition) is 1. The molecule has 1 heterocycles. The van der Waals surface area contributed by atoms with Crippen LogP contribution < -0.4 is 0 Å². The average Bonchev–Trinajstić information content (AvgIpc) is 3.23. The molecule has 1 fully saturated rings. The fraction of sp³-hybridized carbons (Fsp3) is 0.500. The molecule has 0 aliphatic heterocycles. The number of aromatic nitrogens is 3. The SMILES string of the molecule is CCn1nnc2cc(C(=O)N(CCO)C3CC3)ccc21. The van der Waals surface area contributed by atoms with E-state index in [0.29, 0.717) is 12.1 Å². The first-order valence-corrected chi connectivity index (χ1v) is 6.99. The Morgan fingerprint density at radius 2 is 2.30 bits per heavy atom. The van der Waals surface area contributed by atoms with Gasteiger partial charge in [0.15, 0.2) is 0 Å². The van der Waals surface area contributed by atoms with Crippen LogP contribution in [0.3, 0.4) is 0 Å². The van der Waals surface area contributed by atoms with E-state index in [1.807, 2.05) is 19.1 Å². The van der Waals surface area contributed by atoms with Crippen molar-refractivity contribution in [3.8, 4) is 0 Å². The Hall–Kier alpha value is -1.95. The highest BCUT2D eigenvalue weighted by atomic mass is 16.3. The monoisotopic (exact) mass is 274 g/mol. The topological polar surface area (TPSA) is 71.2 Å². The number of aliphatic hydroxyl groups is 1. The number of amides is 1. The highest BCUT2D eigenvalue weighted by Gasteiger charge is 2.32. The molecular weight excluding hydrogens is 256 g/mol. The lowest BCUT2D eigenvalue weighted by molar-refractivity contribution is 0.0708. The van der Waals surface area contributed by atoms with Gasteiger partial charge in [-0.2, -0.15) is 0 Å². The molecule has 1 saturated carbocycles. The molecule has 106 valence electrons. The predicted octanol–water partition coefficient (Wildman–Crippen LogP) is 1.05. The maximum Gasteiger partial charge on any atom is 0.254 e. The second-order valence-corrected chi connectivity index (χ2v) is 5.06. The molecule has 0 saturated heterocycles. The molecule has 3 rings (SSSR count). The van der Waals surface area contributed by atoms with Gasteiger partial charge in [-0.25, -0.2) is 4.68 Å². The van der Waals surface area contributed by atoms with Gasteiger partial charge in [0.05, 0.1) is 12.1 Å². The first-order valence-electron chi connectivity index (χ1n) is 6.99. The number of aliphatic hydroxyl groups excluding tert-OH is 1. The number of fused-ring (bicyclic) bond motifs is 1. The molecule has 1 N–H and O–H groups in total. The van der Waals surface area contributed by atoms with Crippen LogP contribution in [-0.2, 0) is 6.54 Å². The van der Waals surface area contributed by atoms with Gasteiger partial charge in [0, 0.05) is 24.7 Å². The van der Waals surface area contributed by atoms with Gasteiger partial charge in [0.2, 0.25) is 0 Å². The Balaban J connectivity index is 1.90. The summed E-state index contributed by atoms with van der Waals surface area (Å²) in [5, 5.41) is 17.2. The van der Waals surface area contributed by atoms with Crippen LogP contribution >= 0.6 is 0 Å². The normalized spacial score (nSPS) is 14.7. The third kappa shape index (κ3) is 2.27. The van der Waals surface area contributed by atoms with E-state index < -0.39 is 0 Å². The largest absolute Gasteiger partial charge is 0.395 e. The second-order valence-electron chi connectivity index (χ2n) is 5.06. The Bertz CT molecular complexity index is 633. The lowest BCUT2D eigenvalue weighted by atomic mass is 10.1. The minimum absolute atomic E-state index is 0.00347. The predicted molar refractivity (Wildman–Crippen MR) is 74.3 cm³/mol. The highest BCUT2D eigenvalue weighted by Crippen LogP contribution is 2.28. The number of hydrogen-bond acceptors (Lipinski definition) is 4. The van der Waals surface area contributed by atoms with E-state index in [-0.39, 0.29) is 18.6 Å². The first-order chi connectivity index (χ1) is 9.74. The molecule has 6 heteroatoms. The van der Waals surface area contributed by atoms with E-state index in [0.717, 1.165) is 30.4 Å². The van der Waals surface area contributed by atoms with Gasteiger partial charge in [-0.15, -0.1) is 5.10 Å². The van der Waals surface area contributed by atoms with Crippen molar-refractivity contribution in [1.29, 1.82) is 0 Å². The second kappa shape index (κ2) is 5.20. The smallest absolute Gasteiger partial charge is 0.254 e. The van der Waals surface area contributed by atoms with E-state index in [1.54, 1.807) is 15.6 Å². The van der Waals surface area contributed by atoms with Crippen molar-refractivity contribution in [2.75, 3.05) is 13.2 Å². The quantitative estimate of drug-likeness (QED) is 0.884. The molecule has 1 aliphatic carbocycles. The van der Waals surface area contributed by atoms with Crippen LogP contribution in [0.15, 0.2) is 18.2 Å². The third-order valence-corrected chi connectivity index (χ3v) is 3.65. The van der Waals surface area contributed by atoms with Gasteiger partial charge in [-0.05, 0) is 38.0 Å². The highest BCUT2D eigenvalue weighted by molar-refractivity contribution is 5.97. The summed E-state index contributed by atoms with van der Waals surface area (Å²) in [5.41, 5.74) is 2.28. The van der Waals surface area contributed by atoms with Gasteiger partial charge in [-0.3, -0.25) is 4.79 Å². The number of nitrogens with zero attached hydrogens (tertiary/aromatic N) is 4. The molecule has 2 aromatic rings. The van der Waals surface area contributed by atoms with Gasteiger partial charge in [0.1, 0.15) is 5.52 Å². The van der Waals surface area contributed by atoms with Crippen LogP contribution in [0.5, 0.6) is 0 Å². The van der Waals surface area contributed by atoms with Crippen LogP contribution in [0, 0.1) is 0 Å². The van der Waals surface area contributed by atoms with Crippen molar-refractivity contribution in [3.05, 3.63) is 23.8 Å². The van der Waals surface area contributed by atoms with Crippen LogP contribution in [0.1, 0.15) is 30.1 Å². The minimum Gasteiger partial charge on any atom is -0.395 e. The van der Waals surface area contributed by atoms with Crippen molar-refractivity contribution >= 4 is 16.9 Å². The molecule has 6 nitrogen and oxygen atoms in total. The van der Waals surface area contributed by atoms with Gasteiger partial charge < -0.3 is 10.0 Å². The molecule has 0 unspecified atom stereocenters. The molecule has 1 aromatic heterocycles. The fourth-order valence-electron chi connectivity index (χ4n) is 2.45. The fourth-order valence-corrected chi connectivity index (χ4v) is 2.45. The number of carbonyl (C=O) groups excluding carboxylic acids is 1. The molecule has 0 radical (unpaired) electrons. The third-order valence-electron chi connectivity index (χ3n) is 3.65. The number of rotatable bonds is 5. The molecule has 0 atom stereocenters. The van der Waals surface area contributed by atoms with Crippen LogP contribution in [0.4, 0.5) is 0 Å². The molecular formula is C14H18N4O2. The zero-order valence-electron chi connectivity index (χ0n) is 11.5. The number of aryl methyl sites for hydroxylation is 1.